The molecule has 0 bridgehead atoms. The summed E-state index contributed by atoms with van der Waals surface area (Å²) < 4.78 is 22.0. The molecule has 1 saturated heterocycles. The molecule has 3 aromatic carbocycles. The van der Waals surface area contributed by atoms with Gasteiger partial charge in [-0.3, -0.25) is 19.7 Å². The first-order valence-corrected chi connectivity index (χ1v) is 12.7. The fraction of sp³-hybridized carbons (Fsp3) is 0.200. The highest BCUT2D eigenvalue weighted by molar-refractivity contribution is 6.39. The van der Waals surface area contributed by atoms with Crippen LogP contribution in [-0.2, 0) is 16.0 Å². The minimum absolute atomic E-state index is 0.0310. The van der Waals surface area contributed by atoms with E-state index in [-0.39, 0.29) is 29.7 Å². The maximum atomic E-state index is 13.6. The molecular formula is C30H27N3O8. The van der Waals surface area contributed by atoms with Crippen molar-refractivity contribution in [3.8, 4) is 23.0 Å². The van der Waals surface area contributed by atoms with E-state index in [1.54, 1.807) is 54.4 Å². The number of fused-ring (bicyclic) bond motifs is 1. The maximum absolute atomic E-state index is 13.6. The molecule has 5 rings (SSSR count). The summed E-state index contributed by atoms with van der Waals surface area (Å²) in [5.41, 5.74) is 1.55. The van der Waals surface area contributed by atoms with Crippen LogP contribution in [0.25, 0.3) is 6.08 Å². The van der Waals surface area contributed by atoms with Crippen molar-refractivity contribution in [3.63, 3.8) is 0 Å². The second-order valence-electron chi connectivity index (χ2n) is 9.22. The monoisotopic (exact) mass is 557 g/mol. The van der Waals surface area contributed by atoms with E-state index in [9.17, 15) is 19.2 Å². The molecule has 0 radical (unpaired) electrons. The Hall–Kier alpha value is -5.32. The molecule has 0 saturated carbocycles. The van der Waals surface area contributed by atoms with Crippen molar-refractivity contribution in [1.29, 1.82) is 0 Å². The first-order valence-electron chi connectivity index (χ1n) is 12.7. The molecule has 210 valence electrons. The first kappa shape index (κ1) is 27.3. The number of carbonyl (C=O) groups excluding carboxylic acids is 4. The molecule has 0 aromatic heterocycles. The van der Waals surface area contributed by atoms with Gasteiger partial charge in [-0.2, -0.15) is 0 Å². The molecule has 3 aromatic rings. The average molecular weight is 558 g/mol. The lowest BCUT2D eigenvalue weighted by Crippen LogP contribution is -2.54. The lowest BCUT2D eigenvalue weighted by atomic mass is 9.97. The molecule has 11 heteroatoms. The number of hydrogen-bond acceptors (Lipinski definition) is 8. The Labute approximate surface area is 235 Å². The number of benzene rings is 3. The highest BCUT2D eigenvalue weighted by Crippen LogP contribution is 2.46. The maximum Gasteiger partial charge on any atom is 0.335 e. The standard InChI is InChI=1S/C30H27N3O8/c1-32(28(35)18-7-5-4-6-8-18)14-13-19-15-24-26(41-17-40-24)25(39-3)22(19)16-23-27(34)31-30(37)33(29(23)36)20-9-11-21(38-2)12-10-20/h4-12,15-16H,13-14,17H2,1-3H3,(H,31,34,37). The third kappa shape index (κ3) is 5.29. The smallest absolute Gasteiger partial charge is 0.335 e. The van der Waals surface area contributed by atoms with Crippen molar-refractivity contribution in [2.24, 2.45) is 0 Å². The van der Waals surface area contributed by atoms with Crippen molar-refractivity contribution in [2.45, 2.75) is 6.42 Å². The van der Waals surface area contributed by atoms with Gasteiger partial charge in [0.15, 0.2) is 11.5 Å². The minimum Gasteiger partial charge on any atom is -0.497 e. The van der Waals surface area contributed by atoms with Gasteiger partial charge in [0.2, 0.25) is 12.5 Å². The van der Waals surface area contributed by atoms with Crippen LogP contribution >= 0.6 is 0 Å². The van der Waals surface area contributed by atoms with Gasteiger partial charge in [0.25, 0.3) is 17.7 Å². The van der Waals surface area contributed by atoms with E-state index in [4.69, 9.17) is 18.9 Å². The Balaban J connectivity index is 1.51. The first-order chi connectivity index (χ1) is 19.8. The normalized spacial score (nSPS) is 15.1. The van der Waals surface area contributed by atoms with E-state index in [0.29, 0.717) is 46.9 Å². The Morgan fingerprint density at radius 3 is 2.44 bits per heavy atom. The number of amides is 5. The van der Waals surface area contributed by atoms with E-state index in [0.717, 1.165) is 4.90 Å². The quantitative estimate of drug-likeness (QED) is 0.330. The summed E-state index contributed by atoms with van der Waals surface area (Å²) in [4.78, 5) is 54.5. The van der Waals surface area contributed by atoms with Gasteiger partial charge in [-0.1, -0.05) is 18.2 Å². The number of rotatable bonds is 8. The van der Waals surface area contributed by atoms with Crippen molar-refractivity contribution < 1.29 is 38.1 Å². The number of likely N-dealkylation sites (N-methyl/N-ethyl adjacent to an activating group) is 1. The summed E-state index contributed by atoms with van der Waals surface area (Å²) in [6.45, 7) is 0.278. The number of ether oxygens (including phenoxy) is 4. The number of methoxy groups -OCH3 is 2. The molecule has 2 aliphatic heterocycles. The van der Waals surface area contributed by atoms with Crippen molar-refractivity contribution in [1.82, 2.24) is 10.2 Å². The van der Waals surface area contributed by atoms with Gasteiger partial charge in [0.1, 0.15) is 11.3 Å². The van der Waals surface area contributed by atoms with Gasteiger partial charge >= 0.3 is 6.03 Å². The summed E-state index contributed by atoms with van der Waals surface area (Å²) in [6, 6.07) is 16.0. The molecule has 1 fully saturated rings. The number of nitrogens with zero attached hydrogens (tertiary/aromatic N) is 2. The molecule has 0 aliphatic carbocycles. The van der Waals surface area contributed by atoms with Crippen LogP contribution in [0.5, 0.6) is 23.0 Å². The Kier molecular flexibility index (Phi) is 7.59. The van der Waals surface area contributed by atoms with Gasteiger partial charge in [-0.25, -0.2) is 9.69 Å². The van der Waals surface area contributed by atoms with E-state index in [1.807, 2.05) is 6.07 Å². The zero-order valence-corrected chi connectivity index (χ0v) is 22.6. The molecule has 41 heavy (non-hydrogen) atoms. The van der Waals surface area contributed by atoms with Gasteiger partial charge in [-0.05, 0) is 60.5 Å². The largest absolute Gasteiger partial charge is 0.497 e. The molecule has 5 amide bonds. The van der Waals surface area contributed by atoms with Crippen LogP contribution in [0.4, 0.5) is 10.5 Å². The number of carbonyl (C=O) groups is 4. The predicted molar refractivity (Wildman–Crippen MR) is 148 cm³/mol. The van der Waals surface area contributed by atoms with Crippen LogP contribution in [0.3, 0.4) is 0 Å². The van der Waals surface area contributed by atoms with Crippen molar-refractivity contribution in [2.75, 3.05) is 39.5 Å². The molecule has 2 aliphatic rings. The lowest BCUT2D eigenvalue weighted by Gasteiger charge is -2.27. The third-order valence-electron chi connectivity index (χ3n) is 6.75. The molecule has 0 atom stereocenters. The SMILES string of the molecule is COc1ccc(N2C(=O)NC(=O)C(=Cc3c(CCN(C)C(=O)c4ccccc4)cc4c(c3OC)OCO4)C2=O)cc1. The van der Waals surface area contributed by atoms with Crippen LogP contribution in [0.15, 0.2) is 66.2 Å². The average Bonchev–Trinajstić information content (AvgIpc) is 3.46. The summed E-state index contributed by atoms with van der Waals surface area (Å²) in [5.74, 6) is -0.274. The summed E-state index contributed by atoms with van der Waals surface area (Å²) in [7, 11) is 4.62. The van der Waals surface area contributed by atoms with Crippen LogP contribution in [-0.4, -0.2) is 63.3 Å². The van der Waals surface area contributed by atoms with E-state index < -0.39 is 17.8 Å². The number of imide groups is 2. The second-order valence-corrected chi connectivity index (χ2v) is 9.22. The summed E-state index contributed by atoms with van der Waals surface area (Å²) >= 11 is 0. The molecular weight excluding hydrogens is 530 g/mol. The summed E-state index contributed by atoms with van der Waals surface area (Å²) in [5, 5.41) is 2.23. The summed E-state index contributed by atoms with van der Waals surface area (Å²) in [6.07, 6.45) is 1.70. The number of nitrogens with one attached hydrogen (secondary N) is 1. The zero-order valence-electron chi connectivity index (χ0n) is 22.6. The number of hydrogen-bond donors (Lipinski definition) is 1. The molecule has 2 heterocycles. The van der Waals surface area contributed by atoms with Crippen LogP contribution in [0.2, 0.25) is 0 Å². The second kappa shape index (κ2) is 11.4. The third-order valence-corrected chi connectivity index (χ3v) is 6.75. The topological polar surface area (TPSA) is 124 Å². The molecule has 11 nitrogen and oxygen atoms in total. The minimum atomic E-state index is -0.874. The van der Waals surface area contributed by atoms with Gasteiger partial charge in [-0.15, -0.1) is 0 Å². The van der Waals surface area contributed by atoms with E-state index >= 15 is 0 Å². The fourth-order valence-electron chi connectivity index (χ4n) is 4.60. The predicted octanol–water partition coefficient (Wildman–Crippen LogP) is 3.41. The Morgan fingerprint density at radius 1 is 1.02 bits per heavy atom. The van der Waals surface area contributed by atoms with Gasteiger partial charge in [0.05, 0.1) is 19.9 Å². The number of anilines is 1. The van der Waals surface area contributed by atoms with Crippen LogP contribution in [0, 0.1) is 0 Å². The van der Waals surface area contributed by atoms with Crippen LogP contribution in [0.1, 0.15) is 21.5 Å². The molecule has 0 spiro atoms. The Bertz CT molecular complexity index is 1550. The van der Waals surface area contributed by atoms with E-state index in [2.05, 4.69) is 5.32 Å². The lowest BCUT2D eigenvalue weighted by molar-refractivity contribution is -0.122. The van der Waals surface area contributed by atoms with Crippen LogP contribution < -0.4 is 29.2 Å². The molecule has 0 unspecified atom stereocenters. The molecule has 1 N–H and O–H groups in total. The fourth-order valence-corrected chi connectivity index (χ4v) is 4.60. The van der Waals surface area contributed by atoms with Gasteiger partial charge < -0.3 is 23.8 Å². The Morgan fingerprint density at radius 2 is 1.76 bits per heavy atom. The van der Waals surface area contributed by atoms with Gasteiger partial charge in [0, 0.05) is 24.7 Å². The highest BCUT2D eigenvalue weighted by Gasteiger charge is 2.37. The zero-order chi connectivity index (χ0) is 29.1. The van der Waals surface area contributed by atoms with Crippen molar-refractivity contribution >= 4 is 35.5 Å². The number of urea groups is 1. The van der Waals surface area contributed by atoms with E-state index in [1.165, 1.54) is 32.4 Å². The highest BCUT2D eigenvalue weighted by atomic mass is 16.7. The number of barbiturate groups is 1. The van der Waals surface area contributed by atoms with Crippen molar-refractivity contribution in [3.05, 3.63) is 82.9 Å².